The Bertz CT molecular complexity index is 272. The van der Waals surface area contributed by atoms with Crippen LogP contribution in [0.1, 0.15) is 34.1 Å². The fraction of sp³-hybridized carbons (Fsp3) is 1.00. The molecule has 1 aliphatic rings. The highest BCUT2D eigenvalue weighted by atomic mass is 32.2. The van der Waals surface area contributed by atoms with Gasteiger partial charge in [0.25, 0.3) is 0 Å². The molecule has 1 rings (SSSR count). The van der Waals surface area contributed by atoms with E-state index < -0.39 is 14.8 Å². The first-order valence-electron chi connectivity index (χ1n) is 4.84. The third kappa shape index (κ3) is 1.40. The van der Waals surface area contributed by atoms with Crippen LogP contribution in [0.4, 0.5) is 0 Å². The Balaban J connectivity index is 3.19. The van der Waals surface area contributed by atoms with Crippen LogP contribution in [0.15, 0.2) is 0 Å². The lowest BCUT2D eigenvalue weighted by Gasteiger charge is -2.35. The van der Waals surface area contributed by atoms with Gasteiger partial charge in [0.1, 0.15) is 0 Å². The molecule has 1 aliphatic heterocycles. The summed E-state index contributed by atoms with van der Waals surface area (Å²) in [6.07, 6.45) is 0.741. The van der Waals surface area contributed by atoms with Crippen molar-refractivity contribution in [2.45, 2.75) is 38.9 Å². The zero-order valence-corrected chi connectivity index (χ0v) is 9.61. The van der Waals surface area contributed by atoms with Crippen LogP contribution in [-0.2, 0) is 10.0 Å². The minimum Gasteiger partial charge on any atom is -0.215 e. The Morgan fingerprint density at radius 1 is 1.15 bits per heavy atom. The fourth-order valence-electron chi connectivity index (χ4n) is 2.51. The van der Waals surface area contributed by atoms with Crippen molar-refractivity contribution in [3.05, 3.63) is 0 Å². The summed E-state index contributed by atoms with van der Waals surface area (Å²) in [5.74, 6) is 0.347. The van der Waals surface area contributed by atoms with Gasteiger partial charge in [0, 0.05) is 6.54 Å². The number of hydrogen-bond donors (Lipinski definition) is 1. The summed E-state index contributed by atoms with van der Waals surface area (Å²) in [6.45, 7) is 8.56. The Hall–Kier alpha value is -0.0900. The first-order chi connectivity index (χ1) is 5.84. The molecule has 0 bridgehead atoms. The van der Waals surface area contributed by atoms with Gasteiger partial charge in [-0.3, -0.25) is 0 Å². The van der Waals surface area contributed by atoms with Crippen molar-refractivity contribution >= 4 is 10.0 Å². The lowest BCUT2D eigenvalue weighted by atomic mass is 9.82. The minimum atomic E-state index is -3.10. The molecule has 0 aromatic carbocycles. The highest BCUT2D eigenvalue weighted by Gasteiger charge is 2.52. The molecule has 1 N–H and O–H groups in total. The first-order valence-corrected chi connectivity index (χ1v) is 6.32. The first kappa shape index (κ1) is 11.0. The van der Waals surface area contributed by atoms with Crippen LogP contribution in [-0.4, -0.2) is 19.7 Å². The molecule has 4 heteroatoms. The fourth-order valence-corrected chi connectivity index (χ4v) is 4.77. The maximum absolute atomic E-state index is 11.9. The van der Waals surface area contributed by atoms with Gasteiger partial charge in [-0.15, -0.1) is 0 Å². The predicted molar refractivity (Wildman–Crippen MR) is 53.9 cm³/mol. The van der Waals surface area contributed by atoms with Gasteiger partial charge in [-0.05, 0) is 18.3 Å². The molecular weight excluding hydrogens is 186 g/mol. The van der Waals surface area contributed by atoms with Gasteiger partial charge >= 0.3 is 0 Å². The van der Waals surface area contributed by atoms with E-state index in [-0.39, 0.29) is 11.8 Å². The summed E-state index contributed by atoms with van der Waals surface area (Å²) in [5, 5.41) is 0. The standard InChI is InChI=1S/C9H19NO2S/c1-7(2)9(8(3)4)5-6-10-13(9,11)12/h7-8,10H,5-6H2,1-4H3. The minimum absolute atomic E-state index is 0.174. The second-order valence-corrected chi connectivity index (χ2v) is 6.47. The van der Waals surface area contributed by atoms with Gasteiger partial charge in [-0.1, -0.05) is 27.7 Å². The molecule has 0 saturated carbocycles. The van der Waals surface area contributed by atoms with Crippen molar-refractivity contribution in [2.24, 2.45) is 11.8 Å². The van der Waals surface area contributed by atoms with Crippen molar-refractivity contribution < 1.29 is 8.42 Å². The quantitative estimate of drug-likeness (QED) is 0.740. The molecule has 0 aromatic rings. The van der Waals surface area contributed by atoms with E-state index in [4.69, 9.17) is 0 Å². The molecule has 0 aromatic heterocycles. The highest BCUT2D eigenvalue weighted by Crippen LogP contribution is 2.40. The maximum Gasteiger partial charge on any atom is 0.217 e. The average molecular weight is 205 g/mol. The smallest absolute Gasteiger partial charge is 0.215 e. The third-order valence-electron chi connectivity index (χ3n) is 3.26. The van der Waals surface area contributed by atoms with Crippen molar-refractivity contribution in [1.29, 1.82) is 0 Å². The van der Waals surface area contributed by atoms with Gasteiger partial charge in [0.2, 0.25) is 10.0 Å². The molecule has 0 atom stereocenters. The third-order valence-corrected chi connectivity index (χ3v) is 5.99. The van der Waals surface area contributed by atoms with Crippen LogP contribution in [0.25, 0.3) is 0 Å². The molecule has 1 fully saturated rings. The molecule has 0 aliphatic carbocycles. The summed E-state index contributed by atoms with van der Waals surface area (Å²) >= 11 is 0. The predicted octanol–water partition coefficient (Wildman–Crippen LogP) is 1.36. The molecule has 1 heterocycles. The topological polar surface area (TPSA) is 46.2 Å². The maximum atomic E-state index is 11.9. The van der Waals surface area contributed by atoms with Crippen molar-refractivity contribution in [2.75, 3.05) is 6.54 Å². The molecule has 3 nitrogen and oxygen atoms in total. The highest BCUT2D eigenvalue weighted by molar-refractivity contribution is 7.91. The molecule has 0 radical (unpaired) electrons. The van der Waals surface area contributed by atoms with Crippen LogP contribution < -0.4 is 4.72 Å². The lowest BCUT2D eigenvalue weighted by Crippen LogP contribution is -2.46. The normalized spacial score (nSPS) is 25.7. The second-order valence-electron chi connectivity index (χ2n) is 4.41. The van der Waals surface area contributed by atoms with Crippen LogP contribution >= 0.6 is 0 Å². The molecule has 78 valence electrons. The van der Waals surface area contributed by atoms with Crippen LogP contribution in [0, 0.1) is 11.8 Å². The molecule has 0 amide bonds. The van der Waals surface area contributed by atoms with Crippen molar-refractivity contribution in [3.63, 3.8) is 0 Å². The van der Waals surface area contributed by atoms with E-state index in [0.717, 1.165) is 6.42 Å². The zero-order chi connectivity index (χ0) is 10.3. The summed E-state index contributed by atoms with van der Waals surface area (Å²) in [7, 11) is -3.10. The number of sulfonamides is 1. The lowest BCUT2D eigenvalue weighted by molar-refractivity contribution is 0.313. The summed E-state index contributed by atoms with van der Waals surface area (Å²) in [6, 6.07) is 0. The van der Waals surface area contributed by atoms with Crippen molar-refractivity contribution in [1.82, 2.24) is 4.72 Å². The Morgan fingerprint density at radius 3 is 1.77 bits per heavy atom. The number of rotatable bonds is 2. The van der Waals surface area contributed by atoms with E-state index in [0.29, 0.717) is 6.54 Å². The zero-order valence-electron chi connectivity index (χ0n) is 8.79. The number of hydrogen-bond acceptors (Lipinski definition) is 2. The van der Waals surface area contributed by atoms with Gasteiger partial charge < -0.3 is 0 Å². The van der Waals surface area contributed by atoms with Gasteiger partial charge in [0.05, 0.1) is 4.75 Å². The SMILES string of the molecule is CC(C)C1(C(C)C)CCNS1(=O)=O. The molecule has 13 heavy (non-hydrogen) atoms. The van der Waals surface area contributed by atoms with E-state index in [9.17, 15) is 8.42 Å². The van der Waals surface area contributed by atoms with Crippen LogP contribution in [0.5, 0.6) is 0 Å². The van der Waals surface area contributed by atoms with Gasteiger partial charge in [-0.2, -0.15) is 0 Å². The van der Waals surface area contributed by atoms with E-state index in [1.54, 1.807) is 0 Å². The Labute approximate surface area is 81.0 Å². The van der Waals surface area contributed by atoms with Gasteiger partial charge in [0.15, 0.2) is 0 Å². The molecule has 1 saturated heterocycles. The molecule has 0 unspecified atom stereocenters. The molecular formula is C9H19NO2S. The van der Waals surface area contributed by atoms with E-state index in [1.165, 1.54) is 0 Å². The second kappa shape index (κ2) is 3.24. The van der Waals surface area contributed by atoms with E-state index >= 15 is 0 Å². The largest absolute Gasteiger partial charge is 0.217 e. The molecule has 0 spiro atoms. The average Bonchev–Trinajstić information content (AvgIpc) is 2.25. The van der Waals surface area contributed by atoms with Gasteiger partial charge in [-0.25, -0.2) is 13.1 Å². The van der Waals surface area contributed by atoms with E-state index in [2.05, 4.69) is 4.72 Å². The van der Waals surface area contributed by atoms with Crippen LogP contribution in [0.3, 0.4) is 0 Å². The monoisotopic (exact) mass is 205 g/mol. The van der Waals surface area contributed by atoms with Crippen LogP contribution in [0.2, 0.25) is 0 Å². The Morgan fingerprint density at radius 2 is 1.62 bits per heavy atom. The number of nitrogens with one attached hydrogen (secondary N) is 1. The summed E-state index contributed by atoms with van der Waals surface area (Å²) < 4.78 is 25.8. The van der Waals surface area contributed by atoms with E-state index in [1.807, 2.05) is 27.7 Å². The Kier molecular flexibility index (Phi) is 2.74. The summed E-state index contributed by atoms with van der Waals surface area (Å²) in [4.78, 5) is 0. The summed E-state index contributed by atoms with van der Waals surface area (Å²) in [5.41, 5.74) is 0. The van der Waals surface area contributed by atoms with Crippen molar-refractivity contribution in [3.8, 4) is 0 Å².